The van der Waals surface area contributed by atoms with Crippen LogP contribution in [-0.4, -0.2) is 11.8 Å². The van der Waals surface area contributed by atoms with Gasteiger partial charge in [-0.25, -0.2) is 0 Å². The molecular weight excluding hydrogens is 126 g/mol. The summed E-state index contributed by atoms with van der Waals surface area (Å²) in [6, 6.07) is 0.0647. The highest BCUT2D eigenvalue weighted by Gasteiger charge is 2.10. The van der Waals surface area contributed by atoms with Crippen LogP contribution < -0.4 is 5.73 Å². The number of carbonyl (C=O) groups excluding carboxylic acids is 1. The molecule has 60 valence electrons. The minimum atomic E-state index is 0.0647. The topological polar surface area (TPSA) is 43.1 Å². The first-order valence-corrected chi connectivity index (χ1v) is 3.86. The van der Waals surface area contributed by atoms with E-state index in [1.807, 2.05) is 20.8 Å². The maximum absolute atomic E-state index is 11.0. The second-order valence-corrected chi connectivity index (χ2v) is 2.99. The van der Waals surface area contributed by atoms with Gasteiger partial charge in [-0.3, -0.25) is 4.79 Å². The molecule has 2 heteroatoms. The van der Waals surface area contributed by atoms with E-state index in [1.54, 1.807) is 0 Å². The summed E-state index contributed by atoms with van der Waals surface area (Å²) in [5.41, 5.74) is 5.59. The van der Waals surface area contributed by atoms with Gasteiger partial charge >= 0.3 is 0 Å². The third-order valence-corrected chi connectivity index (χ3v) is 1.63. The first-order valence-electron chi connectivity index (χ1n) is 3.86. The van der Waals surface area contributed by atoms with Crippen molar-refractivity contribution in [2.45, 2.75) is 39.7 Å². The van der Waals surface area contributed by atoms with Crippen molar-refractivity contribution in [3.8, 4) is 0 Å². The molecule has 0 aliphatic carbocycles. The molecule has 0 aromatic carbocycles. The predicted octanol–water partition coefficient (Wildman–Crippen LogP) is 1.34. The first-order chi connectivity index (χ1) is 4.57. The first kappa shape index (κ1) is 9.63. The average molecular weight is 143 g/mol. The molecule has 0 fully saturated rings. The number of hydrogen-bond acceptors (Lipinski definition) is 2. The van der Waals surface area contributed by atoms with Crippen LogP contribution >= 0.6 is 0 Å². The molecular formula is C8H17NO. The standard InChI is InChI=1S/C8H17NO/c1-4-7(9)5-8(10)6(2)3/h6-7H,4-5,9H2,1-3H3. The van der Waals surface area contributed by atoms with Crippen LogP contribution in [0.1, 0.15) is 33.6 Å². The van der Waals surface area contributed by atoms with E-state index >= 15 is 0 Å². The number of carbonyl (C=O) groups is 1. The summed E-state index contributed by atoms with van der Waals surface area (Å²) in [7, 11) is 0. The van der Waals surface area contributed by atoms with Gasteiger partial charge in [0.05, 0.1) is 0 Å². The van der Waals surface area contributed by atoms with Crippen molar-refractivity contribution in [3.05, 3.63) is 0 Å². The van der Waals surface area contributed by atoms with Crippen molar-refractivity contribution in [3.63, 3.8) is 0 Å². The summed E-state index contributed by atoms with van der Waals surface area (Å²) in [5, 5.41) is 0. The summed E-state index contributed by atoms with van der Waals surface area (Å²) in [4.78, 5) is 11.0. The fourth-order valence-corrected chi connectivity index (χ4v) is 0.638. The van der Waals surface area contributed by atoms with Crippen molar-refractivity contribution in [2.75, 3.05) is 0 Å². The van der Waals surface area contributed by atoms with Gasteiger partial charge in [-0.1, -0.05) is 20.8 Å². The largest absolute Gasteiger partial charge is 0.327 e. The quantitative estimate of drug-likeness (QED) is 0.645. The number of Topliss-reactive ketones (excluding diaryl/α,β-unsaturated/α-hetero) is 1. The molecule has 1 atom stereocenters. The lowest BCUT2D eigenvalue weighted by Gasteiger charge is -2.08. The molecule has 0 bridgehead atoms. The van der Waals surface area contributed by atoms with Gasteiger partial charge in [-0.05, 0) is 6.42 Å². The highest BCUT2D eigenvalue weighted by Crippen LogP contribution is 2.02. The third kappa shape index (κ3) is 3.62. The van der Waals surface area contributed by atoms with Gasteiger partial charge < -0.3 is 5.73 Å². The number of rotatable bonds is 4. The van der Waals surface area contributed by atoms with Crippen molar-refractivity contribution < 1.29 is 4.79 Å². The van der Waals surface area contributed by atoms with Gasteiger partial charge in [0.2, 0.25) is 0 Å². The predicted molar refractivity (Wildman–Crippen MR) is 42.7 cm³/mol. The second-order valence-electron chi connectivity index (χ2n) is 2.99. The molecule has 0 amide bonds. The Kier molecular flexibility index (Phi) is 4.28. The van der Waals surface area contributed by atoms with E-state index in [0.29, 0.717) is 6.42 Å². The van der Waals surface area contributed by atoms with Gasteiger partial charge in [-0.15, -0.1) is 0 Å². The Balaban J connectivity index is 3.57. The normalized spacial score (nSPS) is 13.7. The Bertz CT molecular complexity index is 110. The molecule has 2 nitrogen and oxygen atoms in total. The summed E-state index contributed by atoms with van der Waals surface area (Å²) in [6.45, 7) is 5.81. The number of nitrogens with two attached hydrogens (primary N) is 1. The minimum Gasteiger partial charge on any atom is -0.327 e. The van der Waals surface area contributed by atoms with Crippen LogP contribution in [0.25, 0.3) is 0 Å². The molecule has 1 unspecified atom stereocenters. The van der Waals surface area contributed by atoms with Gasteiger partial charge in [0, 0.05) is 18.4 Å². The van der Waals surface area contributed by atoms with Gasteiger partial charge in [-0.2, -0.15) is 0 Å². The maximum atomic E-state index is 11.0. The Morgan fingerprint density at radius 3 is 2.30 bits per heavy atom. The smallest absolute Gasteiger partial charge is 0.136 e. The fourth-order valence-electron chi connectivity index (χ4n) is 0.638. The van der Waals surface area contributed by atoms with Crippen LogP contribution in [-0.2, 0) is 4.79 Å². The lowest BCUT2D eigenvalue weighted by Crippen LogP contribution is -2.24. The van der Waals surface area contributed by atoms with Crippen molar-refractivity contribution in [1.82, 2.24) is 0 Å². The van der Waals surface area contributed by atoms with Gasteiger partial charge in [0.1, 0.15) is 5.78 Å². The van der Waals surface area contributed by atoms with E-state index in [1.165, 1.54) is 0 Å². The molecule has 0 heterocycles. The van der Waals surface area contributed by atoms with Crippen LogP contribution in [0, 0.1) is 5.92 Å². The number of hydrogen-bond donors (Lipinski definition) is 1. The molecule has 2 N–H and O–H groups in total. The Morgan fingerprint density at radius 2 is 2.00 bits per heavy atom. The van der Waals surface area contributed by atoms with Crippen molar-refractivity contribution in [2.24, 2.45) is 11.7 Å². The average Bonchev–Trinajstić information content (AvgIpc) is 1.87. The molecule has 0 saturated heterocycles. The molecule has 0 aromatic heterocycles. The van der Waals surface area contributed by atoms with E-state index in [0.717, 1.165) is 6.42 Å². The Hall–Kier alpha value is -0.370. The molecule has 0 radical (unpaired) electrons. The van der Waals surface area contributed by atoms with E-state index < -0.39 is 0 Å². The lowest BCUT2D eigenvalue weighted by molar-refractivity contribution is -0.122. The zero-order valence-corrected chi connectivity index (χ0v) is 7.05. The Labute approximate surface area is 62.8 Å². The second kappa shape index (κ2) is 4.45. The molecule has 0 aliphatic heterocycles. The molecule has 0 aliphatic rings. The maximum Gasteiger partial charge on any atom is 0.136 e. The van der Waals surface area contributed by atoms with Crippen LogP contribution in [0.4, 0.5) is 0 Å². The third-order valence-electron chi connectivity index (χ3n) is 1.63. The van der Waals surface area contributed by atoms with E-state index in [4.69, 9.17) is 5.73 Å². The summed E-state index contributed by atoms with van der Waals surface area (Å²) < 4.78 is 0. The minimum absolute atomic E-state index is 0.0647. The van der Waals surface area contributed by atoms with Crippen molar-refractivity contribution in [1.29, 1.82) is 0 Å². The monoisotopic (exact) mass is 143 g/mol. The summed E-state index contributed by atoms with van der Waals surface area (Å²) in [5.74, 6) is 0.409. The van der Waals surface area contributed by atoms with E-state index in [2.05, 4.69) is 0 Å². The van der Waals surface area contributed by atoms with Gasteiger partial charge in [0.25, 0.3) is 0 Å². The zero-order valence-electron chi connectivity index (χ0n) is 7.05. The molecule has 0 rings (SSSR count). The van der Waals surface area contributed by atoms with Crippen LogP contribution in [0.5, 0.6) is 0 Å². The molecule has 0 aromatic rings. The molecule has 0 saturated carbocycles. The van der Waals surface area contributed by atoms with E-state index in [9.17, 15) is 4.79 Å². The highest BCUT2D eigenvalue weighted by atomic mass is 16.1. The fraction of sp³-hybridized carbons (Fsp3) is 0.875. The lowest BCUT2D eigenvalue weighted by atomic mass is 10.0. The Morgan fingerprint density at radius 1 is 1.50 bits per heavy atom. The van der Waals surface area contributed by atoms with Crippen molar-refractivity contribution >= 4 is 5.78 Å². The van der Waals surface area contributed by atoms with Crippen LogP contribution in [0.3, 0.4) is 0 Å². The van der Waals surface area contributed by atoms with Crippen LogP contribution in [0.15, 0.2) is 0 Å². The van der Waals surface area contributed by atoms with Gasteiger partial charge in [0.15, 0.2) is 0 Å². The highest BCUT2D eigenvalue weighted by molar-refractivity contribution is 5.80. The zero-order chi connectivity index (χ0) is 8.15. The SMILES string of the molecule is CCC(N)CC(=O)C(C)C. The van der Waals surface area contributed by atoms with E-state index in [-0.39, 0.29) is 17.7 Å². The van der Waals surface area contributed by atoms with Crippen LogP contribution in [0.2, 0.25) is 0 Å². The summed E-state index contributed by atoms with van der Waals surface area (Å²) >= 11 is 0. The number of ketones is 1. The molecule has 0 spiro atoms. The molecule has 10 heavy (non-hydrogen) atoms. The summed E-state index contributed by atoms with van der Waals surface area (Å²) in [6.07, 6.45) is 1.42.